The summed E-state index contributed by atoms with van der Waals surface area (Å²) in [6, 6.07) is 9.30. The highest BCUT2D eigenvalue weighted by Gasteiger charge is 2.31. The first-order chi connectivity index (χ1) is 9.38. The topological polar surface area (TPSA) is 21.3 Å². The average molecular weight is 259 g/mol. The van der Waals surface area contributed by atoms with Gasteiger partial charge in [0.15, 0.2) is 0 Å². The van der Waals surface area contributed by atoms with Gasteiger partial charge in [0.1, 0.15) is 5.75 Å². The average Bonchev–Trinajstić information content (AvgIpc) is 2.37. The lowest BCUT2D eigenvalue weighted by molar-refractivity contribution is 0.195. The number of hydrogen-bond donors (Lipinski definition) is 1. The maximum Gasteiger partial charge on any atom is 0.122 e. The van der Waals surface area contributed by atoms with Crippen LogP contribution in [0.2, 0.25) is 0 Å². The van der Waals surface area contributed by atoms with E-state index in [4.69, 9.17) is 4.74 Å². The number of benzene rings is 1. The van der Waals surface area contributed by atoms with Crippen molar-refractivity contribution in [2.75, 3.05) is 13.2 Å². The standard InChI is InChI=1S/C17H25NO/c1-2-18-16(13-6-5-7-13)12-14-10-11-19-17-9-4-3-8-15(14)17/h3-4,8-9,13-14,16,18H,2,5-7,10-12H2,1H3. The molecule has 1 aliphatic heterocycles. The minimum absolute atomic E-state index is 0.676. The van der Waals surface area contributed by atoms with Crippen molar-refractivity contribution < 1.29 is 4.74 Å². The molecule has 1 heterocycles. The summed E-state index contributed by atoms with van der Waals surface area (Å²) in [4.78, 5) is 0. The Bertz CT molecular complexity index is 413. The summed E-state index contributed by atoms with van der Waals surface area (Å²) in [6.07, 6.45) is 6.71. The number of rotatable bonds is 5. The Kier molecular flexibility index (Phi) is 4.07. The van der Waals surface area contributed by atoms with Crippen molar-refractivity contribution >= 4 is 0 Å². The Labute approximate surface area is 116 Å². The Morgan fingerprint density at radius 2 is 2.11 bits per heavy atom. The van der Waals surface area contributed by atoms with Crippen LogP contribution >= 0.6 is 0 Å². The molecule has 2 heteroatoms. The van der Waals surface area contributed by atoms with Crippen molar-refractivity contribution in [3.63, 3.8) is 0 Å². The molecule has 1 N–H and O–H groups in total. The van der Waals surface area contributed by atoms with Gasteiger partial charge in [-0.1, -0.05) is 31.5 Å². The third-order valence-corrected chi connectivity index (χ3v) is 4.81. The monoisotopic (exact) mass is 259 g/mol. The van der Waals surface area contributed by atoms with Crippen LogP contribution in [0, 0.1) is 5.92 Å². The van der Waals surface area contributed by atoms with Gasteiger partial charge in [0.05, 0.1) is 6.61 Å². The number of hydrogen-bond acceptors (Lipinski definition) is 2. The molecular weight excluding hydrogens is 234 g/mol. The van der Waals surface area contributed by atoms with Gasteiger partial charge in [0, 0.05) is 6.04 Å². The molecule has 1 fully saturated rings. The van der Waals surface area contributed by atoms with E-state index >= 15 is 0 Å². The fraction of sp³-hybridized carbons (Fsp3) is 0.647. The SMILES string of the molecule is CCNC(CC1CCOc2ccccc21)C1CCC1. The Balaban J connectivity index is 1.71. The van der Waals surface area contributed by atoms with Crippen LogP contribution in [0.1, 0.15) is 50.5 Å². The van der Waals surface area contributed by atoms with E-state index in [1.807, 2.05) is 0 Å². The minimum atomic E-state index is 0.676. The van der Waals surface area contributed by atoms with Crippen LogP contribution in [0.15, 0.2) is 24.3 Å². The van der Waals surface area contributed by atoms with E-state index < -0.39 is 0 Å². The lowest BCUT2D eigenvalue weighted by Gasteiger charge is -2.37. The lowest BCUT2D eigenvalue weighted by Crippen LogP contribution is -2.41. The van der Waals surface area contributed by atoms with Crippen molar-refractivity contribution in [2.24, 2.45) is 5.92 Å². The van der Waals surface area contributed by atoms with Crippen LogP contribution in [0.3, 0.4) is 0 Å². The van der Waals surface area contributed by atoms with Crippen molar-refractivity contribution in [3.8, 4) is 5.75 Å². The second-order valence-corrected chi connectivity index (χ2v) is 5.96. The molecule has 0 bridgehead atoms. The van der Waals surface area contributed by atoms with Gasteiger partial charge in [-0.3, -0.25) is 0 Å². The first-order valence-corrected chi connectivity index (χ1v) is 7.83. The molecule has 0 aromatic heterocycles. The molecule has 0 saturated heterocycles. The first kappa shape index (κ1) is 13.0. The van der Waals surface area contributed by atoms with Gasteiger partial charge in [-0.15, -0.1) is 0 Å². The normalized spacial score (nSPS) is 24.2. The van der Waals surface area contributed by atoms with E-state index in [1.54, 1.807) is 0 Å². The fourth-order valence-electron chi connectivity index (χ4n) is 3.51. The second-order valence-electron chi connectivity index (χ2n) is 5.96. The Morgan fingerprint density at radius 1 is 1.26 bits per heavy atom. The van der Waals surface area contributed by atoms with Gasteiger partial charge < -0.3 is 10.1 Å². The smallest absolute Gasteiger partial charge is 0.122 e. The van der Waals surface area contributed by atoms with Crippen molar-refractivity contribution in [2.45, 2.75) is 51.0 Å². The summed E-state index contributed by atoms with van der Waals surface area (Å²) >= 11 is 0. The number of para-hydroxylation sites is 1. The molecule has 0 spiro atoms. The van der Waals surface area contributed by atoms with Crippen LogP contribution in [0.25, 0.3) is 0 Å². The second kappa shape index (κ2) is 5.96. The highest BCUT2D eigenvalue weighted by molar-refractivity contribution is 5.37. The molecular formula is C17H25NO. The van der Waals surface area contributed by atoms with Gasteiger partial charge in [-0.25, -0.2) is 0 Å². The number of nitrogens with one attached hydrogen (secondary N) is 1. The molecule has 1 saturated carbocycles. The zero-order chi connectivity index (χ0) is 13.1. The summed E-state index contributed by atoms with van der Waals surface area (Å²) in [6.45, 7) is 4.20. The molecule has 1 aromatic rings. The quantitative estimate of drug-likeness (QED) is 0.870. The molecule has 2 nitrogen and oxygen atoms in total. The maximum atomic E-state index is 5.78. The molecule has 2 unspecified atom stereocenters. The van der Waals surface area contributed by atoms with Gasteiger partial charge in [0.2, 0.25) is 0 Å². The highest BCUT2D eigenvalue weighted by Crippen LogP contribution is 2.39. The molecule has 0 amide bonds. The van der Waals surface area contributed by atoms with Crippen molar-refractivity contribution in [3.05, 3.63) is 29.8 Å². The van der Waals surface area contributed by atoms with E-state index in [0.29, 0.717) is 12.0 Å². The zero-order valence-corrected chi connectivity index (χ0v) is 11.9. The summed E-state index contributed by atoms with van der Waals surface area (Å²) in [5, 5.41) is 3.72. The molecule has 3 rings (SSSR count). The van der Waals surface area contributed by atoms with Gasteiger partial charge in [0.25, 0.3) is 0 Å². The summed E-state index contributed by atoms with van der Waals surface area (Å²) in [5.74, 6) is 2.70. The van der Waals surface area contributed by atoms with Gasteiger partial charge in [-0.2, -0.15) is 0 Å². The van der Waals surface area contributed by atoms with E-state index in [1.165, 1.54) is 37.7 Å². The number of fused-ring (bicyclic) bond motifs is 1. The molecule has 0 radical (unpaired) electrons. The third kappa shape index (κ3) is 2.79. The molecule has 19 heavy (non-hydrogen) atoms. The zero-order valence-electron chi connectivity index (χ0n) is 11.9. The van der Waals surface area contributed by atoms with Crippen molar-refractivity contribution in [1.82, 2.24) is 5.32 Å². The number of ether oxygens (including phenoxy) is 1. The molecule has 1 aromatic carbocycles. The Morgan fingerprint density at radius 3 is 2.84 bits per heavy atom. The molecule has 1 aliphatic carbocycles. The fourth-order valence-corrected chi connectivity index (χ4v) is 3.51. The minimum Gasteiger partial charge on any atom is -0.493 e. The largest absolute Gasteiger partial charge is 0.493 e. The lowest BCUT2D eigenvalue weighted by atomic mass is 9.75. The van der Waals surface area contributed by atoms with Crippen LogP contribution in [-0.4, -0.2) is 19.2 Å². The predicted octanol–water partition coefficient (Wildman–Crippen LogP) is 3.72. The maximum absolute atomic E-state index is 5.78. The van der Waals surface area contributed by atoms with Gasteiger partial charge >= 0.3 is 0 Å². The van der Waals surface area contributed by atoms with Gasteiger partial charge in [-0.05, 0) is 55.7 Å². The van der Waals surface area contributed by atoms with Crippen LogP contribution in [0.4, 0.5) is 0 Å². The first-order valence-electron chi connectivity index (χ1n) is 7.83. The predicted molar refractivity (Wildman–Crippen MR) is 78.7 cm³/mol. The van der Waals surface area contributed by atoms with E-state index in [0.717, 1.165) is 24.8 Å². The molecule has 2 aliphatic rings. The van der Waals surface area contributed by atoms with E-state index in [-0.39, 0.29) is 0 Å². The van der Waals surface area contributed by atoms with E-state index in [9.17, 15) is 0 Å². The summed E-state index contributed by atoms with van der Waals surface area (Å²) < 4.78 is 5.78. The van der Waals surface area contributed by atoms with Crippen LogP contribution in [0.5, 0.6) is 5.75 Å². The van der Waals surface area contributed by atoms with Crippen molar-refractivity contribution in [1.29, 1.82) is 0 Å². The van der Waals surface area contributed by atoms with Crippen LogP contribution < -0.4 is 10.1 Å². The molecule has 104 valence electrons. The summed E-state index contributed by atoms with van der Waals surface area (Å²) in [5.41, 5.74) is 1.43. The highest BCUT2D eigenvalue weighted by atomic mass is 16.5. The van der Waals surface area contributed by atoms with E-state index in [2.05, 4.69) is 36.5 Å². The Hall–Kier alpha value is -1.02. The molecule has 2 atom stereocenters. The third-order valence-electron chi connectivity index (χ3n) is 4.81. The van der Waals surface area contributed by atoms with Crippen LogP contribution in [-0.2, 0) is 0 Å². The summed E-state index contributed by atoms with van der Waals surface area (Å²) in [7, 11) is 0.